The summed E-state index contributed by atoms with van der Waals surface area (Å²) in [6.07, 6.45) is 2.73. The van der Waals surface area contributed by atoms with Gasteiger partial charge in [-0.1, -0.05) is 178 Å². The van der Waals surface area contributed by atoms with Crippen LogP contribution in [0.5, 0.6) is 0 Å². The van der Waals surface area contributed by atoms with E-state index in [2.05, 4.69) is 184 Å². The molecule has 0 N–H and O–H groups in total. The summed E-state index contributed by atoms with van der Waals surface area (Å²) in [7, 11) is -1.71. The van der Waals surface area contributed by atoms with Gasteiger partial charge >= 0.3 is 0 Å². The average molecular weight is 731 g/mol. The molecule has 9 aromatic carbocycles. The van der Waals surface area contributed by atoms with Crippen LogP contribution in [0.3, 0.4) is 0 Å². The first-order chi connectivity index (χ1) is 27.5. The van der Waals surface area contributed by atoms with Crippen molar-refractivity contribution in [2.45, 2.75) is 44.2 Å². The molecule has 0 amide bonds. The van der Waals surface area contributed by atoms with Gasteiger partial charge in [0.1, 0.15) is 8.07 Å². The highest BCUT2D eigenvalue weighted by Gasteiger charge is 2.47. The Hall–Kier alpha value is -6.02. The summed E-state index contributed by atoms with van der Waals surface area (Å²) >= 11 is 0. The molecule has 1 saturated heterocycles. The molecule has 0 radical (unpaired) electrons. The van der Waals surface area contributed by atoms with E-state index in [1.807, 2.05) is 0 Å². The second kappa shape index (κ2) is 11.7. The minimum Gasteiger partial charge on any atom is -0.0623 e. The Kier molecular flexibility index (Phi) is 6.76. The third-order valence-electron chi connectivity index (χ3n) is 14.0. The van der Waals surface area contributed by atoms with Gasteiger partial charge in [0, 0.05) is 5.41 Å². The lowest BCUT2D eigenvalue weighted by Gasteiger charge is -2.24. The molecule has 0 saturated carbocycles. The Morgan fingerprint density at radius 1 is 0.375 bits per heavy atom. The van der Waals surface area contributed by atoms with Gasteiger partial charge in [0.05, 0.1) is 0 Å². The summed E-state index contributed by atoms with van der Waals surface area (Å²) in [6.45, 7) is 4.79. The summed E-state index contributed by atoms with van der Waals surface area (Å²) in [5, 5.41) is 11.1. The monoisotopic (exact) mass is 730 g/mol. The second-order valence-electron chi connectivity index (χ2n) is 17.1. The van der Waals surface area contributed by atoms with Gasteiger partial charge in [0.25, 0.3) is 0 Å². The molecule has 266 valence electrons. The molecule has 0 unspecified atom stereocenters. The number of rotatable bonds is 3. The standard InChI is InChI=1S/C55H42Si/c1-55(2)49-22-9-7-17-41(49)42-27-25-38(34-50(42)55)54-45-20-6-5-19-44(45)53(46-28-24-36(32-48(46)54)40-21-13-15-35-14-3-4-16-39(35)40)37-26-29-52-47(33-37)43-18-8-10-23-51(43)56(52)30-11-12-31-56/h3-10,13-29,32-34H,11-12,30-31H2,1-2H3. The molecule has 0 nitrogen and oxygen atoms in total. The number of benzene rings is 9. The smallest absolute Gasteiger partial charge is 0.0623 e. The van der Waals surface area contributed by atoms with Crippen LogP contribution in [0, 0.1) is 0 Å². The van der Waals surface area contributed by atoms with Gasteiger partial charge in [-0.2, -0.15) is 0 Å². The van der Waals surface area contributed by atoms with Crippen LogP contribution in [0.1, 0.15) is 37.8 Å². The summed E-state index contributed by atoms with van der Waals surface area (Å²) in [6, 6.07) is 68.1. The highest BCUT2D eigenvalue weighted by Crippen LogP contribution is 2.52. The third-order valence-corrected chi connectivity index (χ3v) is 19.4. The third kappa shape index (κ3) is 4.35. The second-order valence-corrected chi connectivity index (χ2v) is 21.4. The van der Waals surface area contributed by atoms with Crippen LogP contribution in [0.4, 0.5) is 0 Å². The Labute approximate surface area is 330 Å². The average Bonchev–Trinajstić information content (AvgIpc) is 3.91. The maximum absolute atomic E-state index is 2.57. The van der Waals surface area contributed by atoms with E-state index in [-0.39, 0.29) is 5.41 Å². The first kappa shape index (κ1) is 32.2. The Bertz CT molecular complexity index is 3110. The van der Waals surface area contributed by atoms with Crippen molar-refractivity contribution in [1.29, 1.82) is 0 Å². The summed E-state index contributed by atoms with van der Waals surface area (Å²) in [5.41, 5.74) is 16.2. The highest BCUT2D eigenvalue weighted by molar-refractivity contribution is 7.06. The lowest BCUT2D eigenvalue weighted by molar-refractivity contribution is 0.660. The van der Waals surface area contributed by atoms with Crippen LogP contribution in [0.15, 0.2) is 170 Å². The molecular weight excluding hydrogens is 689 g/mol. The van der Waals surface area contributed by atoms with Crippen molar-refractivity contribution in [2.75, 3.05) is 0 Å². The number of hydrogen-bond donors (Lipinski definition) is 0. The molecule has 56 heavy (non-hydrogen) atoms. The number of hydrogen-bond acceptors (Lipinski definition) is 0. The lowest BCUT2D eigenvalue weighted by Crippen LogP contribution is -2.52. The normalized spacial score (nSPS) is 15.7. The van der Waals surface area contributed by atoms with Gasteiger partial charge in [-0.15, -0.1) is 0 Å². The molecule has 3 aliphatic rings. The van der Waals surface area contributed by atoms with E-state index in [4.69, 9.17) is 0 Å². The van der Waals surface area contributed by atoms with E-state index in [0.717, 1.165) is 0 Å². The van der Waals surface area contributed by atoms with Gasteiger partial charge in [-0.25, -0.2) is 0 Å². The predicted molar refractivity (Wildman–Crippen MR) is 242 cm³/mol. The van der Waals surface area contributed by atoms with Crippen LogP contribution in [-0.2, 0) is 5.41 Å². The van der Waals surface area contributed by atoms with Crippen LogP contribution in [0.25, 0.3) is 88.0 Å². The minimum absolute atomic E-state index is 0.0811. The van der Waals surface area contributed by atoms with Gasteiger partial charge in [-0.3, -0.25) is 0 Å². The molecule has 2 heterocycles. The Balaban J connectivity index is 1.16. The van der Waals surface area contributed by atoms with E-state index in [1.54, 1.807) is 10.4 Å². The summed E-state index contributed by atoms with van der Waals surface area (Å²) in [4.78, 5) is 0. The van der Waals surface area contributed by atoms with Crippen molar-refractivity contribution in [3.05, 3.63) is 181 Å². The fourth-order valence-electron chi connectivity index (χ4n) is 11.4. The first-order valence-corrected chi connectivity index (χ1v) is 22.9. The van der Waals surface area contributed by atoms with Gasteiger partial charge in [-0.05, 0) is 140 Å². The zero-order valence-corrected chi connectivity index (χ0v) is 33.0. The topological polar surface area (TPSA) is 0 Å². The summed E-state index contributed by atoms with van der Waals surface area (Å²) in [5.74, 6) is 0. The molecule has 0 atom stereocenters. The molecule has 1 aliphatic carbocycles. The van der Waals surface area contributed by atoms with Crippen LogP contribution in [-0.4, -0.2) is 8.07 Å². The lowest BCUT2D eigenvalue weighted by atomic mass is 9.80. The molecule has 9 aromatic rings. The van der Waals surface area contributed by atoms with Crippen molar-refractivity contribution < 1.29 is 0 Å². The summed E-state index contributed by atoms with van der Waals surface area (Å²) < 4.78 is 0. The van der Waals surface area contributed by atoms with Crippen molar-refractivity contribution in [2.24, 2.45) is 0 Å². The zero-order chi connectivity index (χ0) is 37.2. The largest absolute Gasteiger partial charge is 0.119 e. The van der Waals surface area contributed by atoms with Gasteiger partial charge < -0.3 is 0 Å². The number of fused-ring (bicyclic) bond motifs is 11. The van der Waals surface area contributed by atoms with Crippen LogP contribution >= 0.6 is 0 Å². The zero-order valence-electron chi connectivity index (χ0n) is 32.0. The first-order valence-electron chi connectivity index (χ1n) is 20.5. The molecule has 1 spiro atoms. The van der Waals surface area contributed by atoms with Crippen LogP contribution < -0.4 is 10.4 Å². The molecular formula is C55H42Si. The highest BCUT2D eigenvalue weighted by atomic mass is 28.3. The van der Waals surface area contributed by atoms with E-state index in [0.29, 0.717) is 0 Å². The molecule has 0 aromatic heterocycles. The molecule has 12 rings (SSSR count). The minimum atomic E-state index is -1.71. The maximum Gasteiger partial charge on any atom is 0.119 e. The van der Waals surface area contributed by atoms with E-state index < -0.39 is 8.07 Å². The van der Waals surface area contributed by atoms with E-state index in [9.17, 15) is 0 Å². The predicted octanol–water partition coefficient (Wildman–Crippen LogP) is 13.8. The Morgan fingerprint density at radius 2 is 0.946 bits per heavy atom. The SMILES string of the molecule is CC1(C)c2ccccc2-c2ccc(-c3c4ccccc4c(-c4ccc5c(c4)-c4ccccc4[Si]54CCCC4)c4ccc(-c5cccc6ccccc56)cc34)cc21. The van der Waals surface area contributed by atoms with E-state index in [1.165, 1.54) is 124 Å². The molecule has 1 heteroatoms. The molecule has 1 fully saturated rings. The van der Waals surface area contributed by atoms with Crippen molar-refractivity contribution in [3.8, 4) is 55.6 Å². The van der Waals surface area contributed by atoms with Crippen molar-refractivity contribution in [3.63, 3.8) is 0 Å². The van der Waals surface area contributed by atoms with Crippen molar-refractivity contribution in [1.82, 2.24) is 0 Å². The fraction of sp³-hybridized carbons (Fsp3) is 0.127. The fourth-order valence-corrected chi connectivity index (χ4v) is 17.0. The quantitative estimate of drug-likeness (QED) is 0.125. The van der Waals surface area contributed by atoms with E-state index >= 15 is 0 Å². The van der Waals surface area contributed by atoms with Crippen LogP contribution in [0.2, 0.25) is 12.1 Å². The molecule has 0 bridgehead atoms. The molecule has 2 aliphatic heterocycles. The maximum atomic E-state index is 2.57. The van der Waals surface area contributed by atoms with Gasteiger partial charge in [0.15, 0.2) is 0 Å². The van der Waals surface area contributed by atoms with Crippen molar-refractivity contribution >= 4 is 50.8 Å². The Morgan fingerprint density at radius 3 is 1.79 bits per heavy atom. The van der Waals surface area contributed by atoms with Gasteiger partial charge in [0.2, 0.25) is 0 Å².